The van der Waals surface area contributed by atoms with Crippen molar-refractivity contribution in [3.05, 3.63) is 59.0 Å². The number of hydrogen-bond donors (Lipinski definition) is 1. The van der Waals surface area contributed by atoms with Gasteiger partial charge in [-0.1, -0.05) is 12.1 Å². The van der Waals surface area contributed by atoms with Crippen molar-refractivity contribution < 1.29 is 0 Å². The molecule has 2 heterocycles. The lowest BCUT2D eigenvalue weighted by Crippen LogP contribution is -2.37. The van der Waals surface area contributed by atoms with Crippen LogP contribution in [0.2, 0.25) is 0 Å². The lowest BCUT2D eigenvalue weighted by atomic mass is 10.2. The molecule has 1 aromatic carbocycles. The molecule has 2 aromatic heterocycles. The third-order valence-corrected chi connectivity index (χ3v) is 4.60. The number of nitrogens with one attached hydrogen (secondary N) is 1. The van der Waals surface area contributed by atoms with Gasteiger partial charge in [0.2, 0.25) is 0 Å². The van der Waals surface area contributed by atoms with Crippen LogP contribution >= 0.6 is 34.8 Å². The minimum absolute atomic E-state index is 0.351. The van der Waals surface area contributed by atoms with E-state index in [1.807, 2.05) is 24.3 Å². The zero-order chi connectivity index (χ0) is 16.0. The molecule has 0 bridgehead atoms. The van der Waals surface area contributed by atoms with E-state index in [-0.39, 0.29) is 11.2 Å². The van der Waals surface area contributed by atoms with E-state index in [4.69, 9.17) is 12.2 Å². The summed E-state index contributed by atoms with van der Waals surface area (Å²) in [4.78, 5) is 27.4. The molecule has 0 atom stereocenters. The monoisotopic (exact) mass is 428 g/mol. The van der Waals surface area contributed by atoms with E-state index in [9.17, 15) is 9.59 Å². The number of fused-ring (bicyclic) bond motifs is 1. The van der Waals surface area contributed by atoms with Crippen molar-refractivity contribution >= 4 is 46.0 Å². The number of nitrogens with zero attached hydrogens (tertiary/aromatic N) is 3. The Balaban J connectivity index is 2.31. The summed E-state index contributed by atoms with van der Waals surface area (Å²) in [5, 5.41) is 0. The van der Waals surface area contributed by atoms with Gasteiger partial charge in [0.25, 0.3) is 5.56 Å². The van der Waals surface area contributed by atoms with Crippen LogP contribution in [0.1, 0.15) is 5.56 Å². The normalized spacial score (nSPS) is 11.2. The molecule has 0 aliphatic rings. The van der Waals surface area contributed by atoms with E-state index >= 15 is 0 Å². The van der Waals surface area contributed by atoms with E-state index in [1.165, 1.54) is 11.6 Å². The third-order valence-electron chi connectivity index (χ3n) is 3.61. The van der Waals surface area contributed by atoms with Gasteiger partial charge in [0, 0.05) is 17.7 Å². The zero-order valence-electron chi connectivity index (χ0n) is 12.0. The zero-order valence-corrected chi connectivity index (χ0v) is 14.9. The number of H-pyrrole nitrogens is 1. The maximum atomic E-state index is 12.5. The summed E-state index contributed by atoms with van der Waals surface area (Å²) in [5.74, 6) is 0. The molecule has 0 radical (unpaired) electrons. The number of aryl methyl sites for hydroxylation is 1. The van der Waals surface area contributed by atoms with Crippen LogP contribution in [0.3, 0.4) is 0 Å². The molecule has 0 saturated carbocycles. The van der Waals surface area contributed by atoms with Gasteiger partial charge in [-0.25, -0.2) is 4.79 Å². The summed E-state index contributed by atoms with van der Waals surface area (Å²) in [6.07, 6.45) is 0. The van der Waals surface area contributed by atoms with Gasteiger partial charge in [-0.15, -0.1) is 0 Å². The van der Waals surface area contributed by atoms with E-state index in [0.717, 1.165) is 13.7 Å². The molecular formula is C14H13IN4O2S. The van der Waals surface area contributed by atoms with Crippen LogP contribution in [-0.4, -0.2) is 18.7 Å². The summed E-state index contributed by atoms with van der Waals surface area (Å²) >= 11 is 7.57. The molecule has 6 nitrogen and oxygen atoms in total. The summed E-state index contributed by atoms with van der Waals surface area (Å²) < 4.78 is 5.76. The van der Waals surface area contributed by atoms with Gasteiger partial charge >= 0.3 is 5.69 Å². The van der Waals surface area contributed by atoms with E-state index < -0.39 is 0 Å². The third kappa shape index (κ3) is 2.35. The second-order valence-corrected chi connectivity index (χ2v) is 6.68. The summed E-state index contributed by atoms with van der Waals surface area (Å²) in [6, 6.07) is 7.98. The lowest BCUT2D eigenvalue weighted by Gasteiger charge is -2.07. The number of imidazole rings is 1. The second-order valence-electron chi connectivity index (χ2n) is 5.05. The van der Waals surface area contributed by atoms with Crippen LogP contribution in [0.5, 0.6) is 0 Å². The smallest absolute Gasteiger partial charge is 0.316 e. The number of benzene rings is 1. The molecular weight excluding hydrogens is 415 g/mol. The summed E-state index contributed by atoms with van der Waals surface area (Å²) in [7, 11) is 3.08. The molecule has 0 saturated heterocycles. The van der Waals surface area contributed by atoms with Crippen molar-refractivity contribution in [3.63, 3.8) is 0 Å². The minimum Gasteiger partial charge on any atom is -0.316 e. The minimum atomic E-state index is -0.379. The predicted octanol–water partition coefficient (Wildman–Crippen LogP) is 1.75. The maximum absolute atomic E-state index is 12.5. The van der Waals surface area contributed by atoms with Crippen LogP contribution in [0, 0.1) is 8.34 Å². The fraction of sp³-hybridized carbons (Fsp3) is 0.214. The topological polar surface area (TPSA) is 64.7 Å². The molecule has 0 unspecified atom stereocenters. The van der Waals surface area contributed by atoms with Crippen molar-refractivity contribution in [1.82, 2.24) is 18.7 Å². The Morgan fingerprint density at radius 2 is 1.95 bits per heavy atom. The van der Waals surface area contributed by atoms with Crippen LogP contribution in [0.25, 0.3) is 11.2 Å². The molecule has 0 amide bonds. The van der Waals surface area contributed by atoms with Crippen molar-refractivity contribution in [2.75, 3.05) is 0 Å². The molecule has 0 fully saturated rings. The number of halogens is 1. The number of aromatic amines is 1. The van der Waals surface area contributed by atoms with Crippen LogP contribution in [0.15, 0.2) is 33.9 Å². The number of rotatable bonds is 2. The lowest BCUT2D eigenvalue weighted by molar-refractivity contribution is 0.702. The first-order valence-electron chi connectivity index (χ1n) is 6.53. The molecule has 3 aromatic rings. The van der Waals surface area contributed by atoms with Gasteiger partial charge < -0.3 is 9.55 Å². The number of hydrogen-bond acceptors (Lipinski definition) is 3. The van der Waals surface area contributed by atoms with E-state index in [1.54, 1.807) is 11.6 Å². The molecule has 8 heteroatoms. The largest absolute Gasteiger partial charge is 0.332 e. The first-order chi connectivity index (χ1) is 10.4. The number of aromatic nitrogens is 4. The molecule has 0 aliphatic heterocycles. The van der Waals surface area contributed by atoms with Gasteiger partial charge in [-0.2, -0.15) is 0 Å². The van der Waals surface area contributed by atoms with Crippen molar-refractivity contribution in [3.8, 4) is 0 Å². The summed E-state index contributed by atoms with van der Waals surface area (Å²) in [5.41, 5.74) is 1.17. The Morgan fingerprint density at radius 3 is 2.64 bits per heavy atom. The van der Waals surface area contributed by atoms with Crippen LogP contribution in [-0.2, 0) is 20.6 Å². The SMILES string of the molecule is Cn1c(=O)c2c([nH]c(=S)n2Cc2cccc(I)c2)n(C)c1=O. The highest BCUT2D eigenvalue weighted by Crippen LogP contribution is 2.13. The van der Waals surface area contributed by atoms with Gasteiger partial charge in [0.15, 0.2) is 10.3 Å². The highest BCUT2D eigenvalue weighted by atomic mass is 127. The van der Waals surface area contributed by atoms with E-state index in [0.29, 0.717) is 22.5 Å². The van der Waals surface area contributed by atoms with Gasteiger partial charge in [-0.3, -0.25) is 13.9 Å². The average molecular weight is 428 g/mol. The fourth-order valence-electron chi connectivity index (χ4n) is 2.45. The standard InChI is InChI=1S/C14H13IN4O2S/c1-17-11-10(12(20)18(2)14(17)21)19(13(22)16-11)7-8-4-3-5-9(15)6-8/h3-6H,7H2,1-2H3,(H,16,22). The van der Waals surface area contributed by atoms with Gasteiger partial charge in [0.05, 0.1) is 6.54 Å². The van der Waals surface area contributed by atoms with Crippen molar-refractivity contribution in [2.45, 2.75) is 6.54 Å². The van der Waals surface area contributed by atoms with Crippen molar-refractivity contribution in [1.29, 1.82) is 0 Å². The Hall–Kier alpha value is -1.68. The highest BCUT2D eigenvalue weighted by molar-refractivity contribution is 14.1. The Kier molecular flexibility index (Phi) is 3.81. The van der Waals surface area contributed by atoms with E-state index in [2.05, 4.69) is 27.6 Å². The van der Waals surface area contributed by atoms with Crippen molar-refractivity contribution in [2.24, 2.45) is 14.1 Å². The highest BCUT2D eigenvalue weighted by Gasteiger charge is 2.15. The molecule has 1 N–H and O–H groups in total. The molecule has 114 valence electrons. The van der Waals surface area contributed by atoms with Crippen LogP contribution in [0.4, 0.5) is 0 Å². The first kappa shape index (κ1) is 15.2. The molecule has 0 aliphatic carbocycles. The Labute approximate surface area is 144 Å². The molecule has 3 rings (SSSR count). The predicted molar refractivity (Wildman–Crippen MR) is 95.9 cm³/mol. The summed E-state index contributed by atoms with van der Waals surface area (Å²) in [6.45, 7) is 0.475. The first-order valence-corrected chi connectivity index (χ1v) is 8.02. The average Bonchev–Trinajstić information content (AvgIpc) is 2.80. The fourth-order valence-corrected chi connectivity index (χ4v) is 3.31. The van der Waals surface area contributed by atoms with Crippen LogP contribution < -0.4 is 11.2 Å². The Morgan fingerprint density at radius 1 is 1.23 bits per heavy atom. The second kappa shape index (κ2) is 5.51. The maximum Gasteiger partial charge on any atom is 0.332 e. The van der Waals surface area contributed by atoms with Gasteiger partial charge in [0.1, 0.15) is 5.65 Å². The van der Waals surface area contributed by atoms with Gasteiger partial charge in [-0.05, 0) is 52.5 Å². The quantitative estimate of drug-likeness (QED) is 0.500. The Bertz CT molecular complexity index is 1060. The molecule has 0 spiro atoms. The molecule has 22 heavy (non-hydrogen) atoms.